The van der Waals surface area contributed by atoms with Gasteiger partial charge in [0.1, 0.15) is 0 Å². The zero-order chi connectivity index (χ0) is 19.8. The van der Waals surface area contributed by atoms with Crippen LogP contribution in [0.15, 0.2) is 54.6 Å². The molecule has 0 saturated carbocycles. The van der Waals surface area contributed by atoms with Crippen LogP contribution in [0.2, 0.25) is 0 Å². The fourth-order valence-corrected chi connectivity index (χ4v) is 3.32. The first-order valence-electron chi connectivity index (χ1n) is 9.62. The van der Waals surface area contributed by atoms with Crippen molar-refractivity contribution in [3.8, 4) is 0 Å². The molecule has 144 valence electrons. The summed E-state index contributed by atoms with van der Waals surface area (Å²) in [5, 5.41) is 2.96. The lowest BCUT2D eigenvalue weighted by Crippen LogP contribution is -2.22. The Morgan fingerprint density at radius 2 is 1.50 bits per heavy atom. The monoisotopic (exact) mass is 375 g/mol. The summed E-state index contributed by atoms with van der Waals surface area (Å²) in [4.78, 5) is 23.6. The summed E-state index contributed by atoms with van der Waals surface area (Å²) in [5.74, 6) is -0.289. The molecule has 28 heavy (non-hydrogen) atoms. The third-order valence-corrected chi connectivity index (χ3v) is 4.80. The van der Waals surface area contributed by atoms with E-state index < -0.39 is 0 Å². The SMILES string of the molecule is COC(=O)CCCCCNC(=O)C=C1c2ccccc2C=Cc2ccccc21. The van der Waals surface area contributed by atoms with Crippen molar-refractivity contribution in [2.75, 3.05) is 13.7 Å². The van der Waals surface area contributed by atoms with Crippen molar-refractivity contribution in [3.63, 3.8) is 0 Å². The number of amides is 1. The number of esters is 1. The molecule has 0 atom stereocenters. The number of unbranched alkanes of at least 4 members (excludes halogenated alkanes) is 2. The highest BCUT2D eigenvalue weighted by Crippen LogP contribution is 2.33. The van der Waals surface area contributed by atoms with Crippen molar-refractivity contribution in [3.05, 3.63) is 76.9 Å². The highest BCUT2D eigenvalue weighted by Gasteiger charge is 2.15. The van der Waals surface area contributed by atoms with E-state index in [1.807, 2.05) is 36.4 Å². The Kier molecular flexibility index (Phi) is 6.79. The molecule has 0 fully saturated rings. The van der Waals surface area contributed by atoms with Gasteiger partial charge >= 0.3 is 5.97 Å². The van der Waals surface area contributed by atoms with Gasteiger partial charge in [0.25, 0.3) is 0 Å². The molecule has 1 aliphatic rings. The minimum atomic E-state index is -0.187. The lowest BCUT2D eigenvalue weighted by atomic mass is 9.93. The molecule has 0 unspecified atom stereocenters. The maximum absolute atomic E-state index is 12.5. The Bertz CT molecular complexity index is 860. The molecule has 0 heterocycles. The first-order chi connectivity index (χ1) is 13.7. The van der Waals surface area contributed by atoms with E-state index in [9.17, 15) is 9.59 Å². The van der Waals surface area contributed by atoms with Crippen molar-refractivity contribution >= 4 is 29.6 Å². The van der Waals surface area contributed by atoms with Gasteiger partial charge in [-0.2, -0.15) is 0 Å². The van der Waals surface area contributed by atoms with Crippen molar-refractivity contribution in [1.29, 1.82) is 0 Å². The van der Waals surface area contributed by atoms with Gasteiger partial charge < -0.3 is 10.1 Å². The molecule has 0 saturated heterocycles. The number of rotatable bonds is 7. The molecule has 0 bridgehead atoms. The second-order valence-electron chi connectivity index (χ2n) is 6.74. The van der Waals surface area contributed by atoms with Crippen LogP contribution in [-0.2, 0) is 14.3 Å². The van der Waals surface area contributed by atoms with E-state index in [2.05, 4.69) is 34.3 Å². The number of nitrogens with one attached hydrogen (secondary N) is 1. The van der Waals surface area contributed by atoms with Gasteiger partial charge in [0.15, 0.2) is 0 Å². The molecular formula is C24H25NO3. The second kappa shape index (κ2) is 9.70. The molecule has 2 aromatic rings. The predicted molar refractivity (Wildman–Crippen MR) is 112 cm³/mol. The number of carbonyl (C=O) groups is 2. The first kappa shape index (κ1) is 19.6. The fraction of sp³-hybridized carbons (Fsp3) is 0.250. The number of hydrogen-bond acceptors (Lipinski definition) is 3. The average Bonchev–Trinajstić information content (AvgIpc) is 2.88. The molecule has 3 rings (SSSR count). The van der Waals surface area contributed by atoms with Crippen LogP contribution in [0.1, 0.15) is 47.9 Å². The van der Waals surface area contributed by atoms with Gasteiger partial charge in [-0.1, -0.05) is 67.1 Å². The number of benzene rings is 2. The molecule has 0 spiro atoms. The van der Waals surface area contributed by atoms with Crippen molar-refractivity contribution in [2.45, 2.75) is 25.7 Å². The number of carbonyl (C=O) groups excluding carboxylic acids is 2. The molecular weight excluding hydrogens is 350 g/mol. The van der Waals surface area contributed by atoms with E-state index >= 15 is 0 Å². The first-order valence-corrected chi connectivity index (χ1v) is 9.62. The van der Waals surface area contributed by atoms with E-state index in [0.29, 0.717) is 13.0 Å². The van der Waals surface area contributed by atoms with Gasteiger partial charge in [0.05, 0.1) is 7.11 Å². The molecule has 0 aliphatic heterocycles. The molecule has 4 nitrogen and oxygen atoms in total. The van der Waals surface area contributed by atoms with E-state index in [4.69, 9.17) is 0 Å². The third kappa shape index (κ3) is 4.97. The molecule has 0 radical (unpaired) electrons. The predicted octanol–water partition coefficient (Wildman–Crippen LogP) is 4.45. The second-order valence-corrected chi connectivity index (χ2v) is 6.74. The molecule has 1 N–H and O–H groups in total. The maximum Gasteiger partial charge on any atom is 0.305 e. The minimum Gasteiger partial charge on any atom is -0.469 e. The summed E-state index contributed by atoms with van der Waals surface area (Å²) < 4.78 is 4.63. The molecule has 4 heteroatoms. The summed E-state index contributed by atoms with van der Waals surface area (Å²) in [6.45, 7) is 0.589. The Morgan fingerprint density at radius 1 is 0.893 bits per heavy atom. The van der Waals surface area contributed by atoms with Gasteiger partial charge in [0, 0.05) is 19.0 Å². The van der Waals surface area contributed by atoms with Crippen LogP contribution in [0.5, 0.6) is 0 Å². The van der Waals surface area contributed by atoms with Gasteiger partial charge in [-0.15, -0.1) is 0 Å². The highest BCUT2D eigenvalue weighted by atomic mass is 16.5. The van der Waals surface area contributed by atoms with E-state index in [1.54, 1.807) is 6.08 Å². The highest BCUT2D eigenvalue weighted by molar-refractivity contribution is 6.03. The fourth-order valence-electron chi connectivity index (χ4n) is 3.32. The molecule has 1 amide bonds. The normalized spacial score (nSPS) is 11.8. The lowest BCUT2D eigenvalue weighted by molar-refractivity contribution is -0.140. The van der Waals surface area contributed by atoms with Crippen molar-refractivity contribution < 1.29 is 14.3 Å². The topological polar surface area (TPSA) is 55.4 Å². The van der Waals surface area contributed by atoms with E-state index in [1.165, 1.54) is 7.11 Å². The van der Waals surface area contributed by atoms with Gasteiger partial charge in [-0.3, -0.25) is 9.59 Å². The van der Waals surface area contributed by atoms with E-state index in [0.717, 1.165) is 47.1 Å². The smallest absolute Gasteiger partial charge is 0.305 e. The largest absolute Gasteiger partial charge is 0.469 e. The summed E-state index contributed by atoms with van der Waals surface area (Å²) in [7, 11) is 1.40. The van der Waals surface area contributed by atoms with Gasteiger partial charge in [-0.05, 0) is 40.7 Å². The summed E-state index contributed by atoms with van der Waals surface area (Å²) >= 11 is 0. The molecule has 0 aromatic heterocycles. The Balaban J connectivity index is 1.68. The van der Waals surface area contributed by atoms with Crippen LogP contribution in [0.4, 0.5) is 0 Å². The van der Waals surface area contributed by atoms with Crippen LogP contribution in [0.3, 0.4) is 0 Å². The van der Waals surface area contributed by atoms with Crippen LogP contribution < -0.4 is 5.32 Å². The number of methoxy groups -OCH3 is 1. The van der Waals surface area contributed by atoms with Crippen LogP contribution in [0.25, 0.3) is 17.7 Å². The average molecular weight is 375 g/mol. The summed E-state index contributed by atoms with van der Waals surface area (Å²) in [5.41, 5.74) is 5.23. The Morgan fingerprint density at radius 3 is 2.11 bits per heavy atom. The number of fused-ring (bicyclic) bond motifs is 2. The van der Waals surface area contributed by atoms with Crippen molar-refractivity contribution in [2.24, 2.45) is 0 Å². The third-order valence-electron chi connectivity index (χ3n) is 4.80. The van der Waals surface area contributed by atoms with Crippen LogP contribution >= 0.6 is 0 Å². The Hall–Kier alpha value is -3.14. The Labute approximate surface area is 165 Å². The van der Waals surface area contributed by atoms with Crippen molar-refractivity contribution in [1.82, 2.24) is 5.32 Å². The quantitative estimate of drug-likeness (QED) is 0.377. The number of hydrogen-bond donors (Lipinski definition) is 1. The van der Waals surface area contributed by atoms with Crippen LogP contribution in [-0.4, -0.2) is 25.5 Å². The lowest BCUT2D eigenvalue weighted by Gasteiger charge is -2.12. The van der Waals surface area contributed by atoms with Crippen LogP contribution in [0, 0.1) is 0 Å². The zero-order valence-corrected chi connectivity index (χ0v) is 16.1. The molecule has 1 aliphatic carbocycles. The summed E-state index contributed by atoms with van der Waals surface area (Å²) in [6.07, 6.45) is 8.79. The number of ether oxygens (including phenoxy) is 1. The van der Waals surface area contributed by atoms with E-state index in [-0.39, 0.29) is 11.9 Å². The standard InChI is InChI=1S/C24H25NO3/c1-28-24(27)13-3-2-8-16-25-23(26)17-22-20-11-6-4-9-18(20)14-15-19-10-5-7-12-21(19)22/h4-7,9-12,14-15,17H,2-3,8,13,16H2,1H3,(H,25,26). The maximum atomic E-state index is 12.5. The van der Waals surface area contributed by atoms with Gasteiger partial charge in [-0.25, -0.2) is 0 Å². The summed E-state index contributed by atoms with van der Waals surface area (Å²) in [6, 6.07) is 16.2. The minimum absolute atomic E-state index is 0.102. The zero-order valence-electron chi connectivity index (χ0n) is 16.1. The van der Waals surface area contributed by atoms with Gasteiger partial charge in [0.2, 0.25) is 5.91 Å². The molecule has 2 aromatic carbocycles.